The summed E-state index contributed by atoms with van der Waals surface area (Å²) in [6, 6.07) is 4.36. The number of nitrogens with zero attached hydrogens (tertiary/aromatic N) is 2. The molecular formula is C14H18ClN3S. The lowest BCUT2D eigenvalue weighted by atomic mass is 9.86. The molecule has 102 valence electrons. The summed E-state index contributed by atoms with van der Waals surface area (Å²) in [4.78, 5) is 5.65. The molecule has 2 unspecified atom stereocenters. The van der Waals surface area contributed by atoms with Crippen LogP contribution in [0.1, 0.15) is 36.9 Å². The van der Waals surface area contributed by atoms with Crippen molar-refractivity contribution < 1.29 is 0 Å². The first kappa shape index (κ1) is 13.2. The third-order valence-corrected chi connectivity index (χ3v) is 5.48. The fraction of sp³-hybridized carbons (Fsp3) is 0.500. The van der Waals surface area contributed by atoms with Crippen LogP contribution in [-0.4, -0.2) is 22.6 Å². The Morgan fingerprint density at radius 3 is 3.00 bits per heavy atom. The van der Waals surface area contributed by atoms with Gasteiger partial charge in [-0.15, -0.1) is 11.3 Å². The molecule has 1 fully saturated rings. The zero-order valence-electron chi connectivity index (χ0n) is 11.2. The van der Waals surface area contributed by atoms with Crippen molar-refractivity contribution in [2.24, 2.45) is 0 Å². The molecule has 1 aliphatic heterocycles. The minimum Gasteiger partial charge on any atom is -0.326 e. The summed E-state index contributed by atoms with van der Waals surface area (Å²) in [6.07, 6.45) is 5.12. The molecule has 3 nitrogen and oxygen atoms in total. The normalized spacial score (nSPS) is 24.8. The Morgan fingerprint density at radius 1 is 1.53 bits per heavy atom. The van der Waals surface area contributed by atoms with Gasteiger partial charge in [0.2, 0.25) is 0 Å². The molecule has 1 N–H and O–H groups in total. The van der Waals surface area contributed by atoms with E-state index in [0.717, 1.165) is 23.8 Å². The first-order chi connectivity index (χ1) is 9.10. The maximum absolute atomic E-state index is 6.04. The second-order valence-corrected chi connectivity index (χ2v) is 7.24. The van der Waals surface area contributed by atoms with Gasteiger partial charge in [-0.2, -0.15) is 0 Å². The molecule has 19 heavy (non-hydrogen) atoms. The maximum Gasteiger partial charge on any atom is 0.0954 e. The molecule has 5 heteroatoms. The van der Waals surface area contributed by atoms with Crippen molar-refractivity contribution in [1.29, 1.82) is 0 Å². The molecule has 0 amide bonds. The number of thiophene rings is 1. The largest absolute Gasteiger partial charge is 0.326 e. The Balaban J connectivity index is 1.96. The van der Waals surface area contributed by atoms with Gasteiger partial charge in [-0.3, -0.25) is 0 Å². The first-order valence-corrected chi connectivity index (χ1v) is 7.78. The maximum atomic E-state index is 6.04. The third-order valence-electron chi connectivity index (χ3n) is 4.08. The van der Waals surface area contributed by atoms with E-state index in [2.05, 4.69) is 34.8 Å². The molecular weight excluding hydrogens is 278 g/mol. The van der Waals surface area contributed by atoms with Gasteiger partial charge in [0.05, 0.1) is 16.7 Å². The Kier molecular flexibility index (Phi) is 3.41. The van der Waals surface area contributed by atoms with Gasteiger partial charge in [0.1, 0.15) is 0 Å². The number of rotatable bonds is 3. The third kappa shape index (κ3) is 2.33. The van der Waals surface area contributed by atoms with E-state index in [1.807, 2.05) is 18.6 Å². The Labute approximate surface area is 122 Å². The van der Waals surface area contributed by atoms with Crippen molar-refractivity contribution >= 4 is 22.9 Å². The van der Waals surface area contributed by atoms with E-state index in [1.54, 1.807) is 11.3 Å². The van der Waals surface area contributed by atoms with Gasteiger partial charge in [0, 0.05) is 28.7 Å². The van der Waals surface area contributed by atoms with Gasteiger partial charge in [0.15, 0.2) is 0 Å². The molecule has 1 saturated heterocycles. The number of nitrogens with one attached hydrogen (secondary N) is 1. The lowest BCUT2D eigenvalue weighted by Crippen LogP contribution is -2.28. The van der Waals surface area contributed by atoms with E-state index in [0.29, 0.717) is 0 Å². The minimum absolute atomic E-state index is 0.186. The highest BCUT2D eigenvalue weighted by Gasteiger charge is 2.34. The van der Waals surface area contributed by atoms with E-state index in [1.165, 1.54) is 10.6 Å². The molecule has 2 aromatic rings. The summed E-state index contributed by atoms with van der Waals surface area (Å²) in [5.74, 6) is 0. The lowest BCUT2D eigenvalue weighted by molar-refractivity contribution is 0.462. The van der Waals surface area contributed by atoms with Gasteiger partial charge in [-0.05, 0) is 32.0 Å². The molecule has 2 atom stereocenters. The van der Waals surface area contributed by atoms with Crippen LogP contribution in [0.3, 0.4) is 0 Å². The highest BCUT2D eigenvalue weighted by molar-refractivity contribution is 7.16. The molecule has 0 aromatic carbocycles. The van der Waals surface area contributed by atoms with Crippen molar-refractivity contribution in [1.82, 2.24) is 14.9 Å². The molecule has 0 bridgehead atoms. The minimum atomic E-state index is 0.186. The first-order valence-electron chi connectivity index (χ1n) is 6.58. The topological polar surface area (TPSA) is 29.9 Å². The van der Waals surface area contributed by atoms with Crippen molar-refractivity contribution in [2.75, 3.05) is 13.1 Å². The molecule has 2 aromatic heterocycles. The summed E-state index contributed by atoms with van der Waals surface area (Å²) in [6.45, 7) is 6.63. The van der Waals surface area contributed by atoms with Crippen LogP contribution in [0.4, 0.5) is 0 Å². The van der Waals surface area contributed by atoms with Crippen LogP contribution >= 0.6 is 22.9 Å². The SMILES string of the molecule is CC(c1ccc(Cl)s1)n1cncc1C1(C)CCNC1. The summed E-state index contributed by atoms with van der Waals surface area (Å²) in [5, 5.41) is 3.45. The van der Waals surface area contributed by atoms with Crippen molar-refractivity contribution in [2.45, 2.75) is 31.7 Å². The van der Waals surface area contributed by atoms with E-state index >= 15 is 0 Å². The molecule has 0 aliphatic carbocycles. The van der Waals surface area contributed by atoms with Crippen molar-refractivity contribution in [3.8, 4) is 0 Å². The molecule has 3 rings (SSSR count). The van der Waals surface area contributed by atoms with Gasteiger partial charge >= 0.3 is 0 Å². The van der Waals surface area contributed by atoms with Crippen LogP contribution in [0.15, 0.2) is 24.7 Å². The predicted molar refractivity (Wildman–Crippen MR) is 80.2 cm³/mol. The monoisotopic (exact) mass is 295 g/mol. The fourth-order valence-corrected chi connectivity index (χ4v) is 3.92. The molecule has 0 spiro atoms. The van der Waals surface area contributed by atoms with Crippen LogP contribution in [0, 0.1) is 0 Å². The van der Waals surface area contributed by atoms with Gasteiger partial charge in [0.25, 0.3) is 0 Å². The van der Waals surface area contributed by atoms with Gasteiger partial charge < -0.3 is 9.88 Å². The van der Waals surface area contributed by atoms with E-state index < -0.39 is 0 Å². The van der Waals surface area contributed by atoms with Gasteiger partial charge in [-0.1, -0.05) is 18.5 Å². The van der Waals surface area contributed by atoms with Crippen LogP contribution < -0.4 is 5.32 Å². The molecule has 1 aliphatic rings. The van der Waals surface area contributed by atoms with E-state index in [9.17, 15) is 0 Å². The molecule has 0 radical (unpaired) electrons. The Hall–Kier alpha value is -0.840. The number of halogens is 1. The quantitative estimate of drug-likeness (QED) is 0.940. The van der Waals surface area contributed by atoms with Crippen LogP contribution in [0.25, 0.3) is 0 Å². The van der Waals surface area contributed by atoms with E-state index in [4.69, 9.17) is 11.6 Å². The predicted octanol–water partition coefficient (Wildman–Crippen LogP) is 3.46. The summed E-state index contributed by atoms with van der Waals surface area (Å²) in [7, 11) is 0. The number of imidazole rings is 1. The Bertz CT molecular complexity index is 569. The van der Waals surface area contributed by atoms with Crippen LogP contribution in [-0.2, 0) is 5.41 Å². The van der Waals surface area contributed by atoms with Gasteiger partial charge in [-0.25, -0.2) is 4.98 Å². The number of aromatic nitrogens is 2. The fourth-order valence-electron chi connectivity index (χ4n) is 2.81. The zero-order chi connectivity index (χ0) is 13.5. The lowest BCUT2D eigenvalue weighted by Gasteiger charge is -2.26. The summed E-state index contributed by atoms with van der Waals surface area (Å²) in [5.41, 5.74) is 1.50. The average Bonchev–Trinajstić information content (AvgIpc) is 3.07. The van der Waals surface area contributed by atoms with E-state index in [-0.39, 0.29) is 11.5 Å². The van der Waals surface area contributed by atoms with Crippen molar-refractivity contribution in [3.05, 3.63) is 39.6 Å². The highest BCUT2D eigenvalue weighted by Crippen LogP contribution is 2.35. The molecule has 3 heterocycles. The second kappa shape index (κ2) is 4.93. The Morgan fingerprint density at radius 2 is 2.37 bits per heavy atom. The standard InChI is InChI=1S/C14H18ClN3S/c1-10(11-3-4-13(15)19-11)18-9-17-7-12(18)14(2)5-6-16-8-14/h3-4,7,9-10,16H,5-6,8H2,1-2H3. The number of hydrogen-bond donors (Lipinski definition) is 1. The molecule has 0 saturated carbocycles. The second-order valence-electron chi connectivity index (χ2n) is 5.49. The summed E-state index contributed by atoms with van der Waals surface area (Å²) >= 11 is 7.69. The highest BCUT2D eigenvalue weighted by atomic mass is 35.5. The number of hydrogen-bond acceptors (Lipinski definition) is 3. The summed E-state index contributed by atoms with van der Waals surface area (Å²) < 4.78 is 3.13. The van der Waals surface area contributed by atoms with Crippen LogP contribution in [0.2, 0.25) is 4.34 Å². The van der Waals surface area contributed by atoms with Crippen molar-refractivity contribution in [3.63, 3.8) is 0 Å². The zero-order valence-corrected chi connectivity index (χ0v) is 12.8. The van der Waals surface area contributed by atoms with Crippen LogP contribution in [0.5, 0.6) is 0 Å². The average molecular weight is 296 g/mol. The smallest absolute Gasteiger partial charge is 0.0954 e.